The van der Waals surface area contributed by atoms with Crippen molar-refractivity contribution in [1.29, 1.82) is 0 Å². The highest BCUT2D eigenvalue weighted by Crippen LogP contribution is 2.29. The monoisotopic (exact) mass is 401 g/mol. The molecule has 0 spiro atoms. The maximum Gasteiger partial charge on any atom is 0.416 e. The zero-order valence-electron chi connectivity index (χ0n) is 14.8. The second-order valence-corrected chi connectivity index (χ2v) is 6.71. The maximum atomic E-state index is 13.1. The Balaban J connectivity index is 2.00. The molecule has 2 aromatic carbocycles. The highest BCUT2D eigenvalue weighted by Gasteiger charge is 2.35. The minimum absolute atomic E-state index is 0.174. The third kappa shape index (κ3) is 5.08. The summed E-state index contributed by atoms with van der Waals surface area (Å²) in [7, 11) is 0. The van der Waals surface area contributed by atoms with Crippen LogP contribution in [0.1, 0.15) is 24.0 Å². The molecule has 1 aliphatic rings. The van der Waals surface area contributed by atoms with Crippen molar-refractivity contribution in [2.75, 3.05) is 13.1 Å². The molecule has 2 nitrogen and oxygen atoms in total. The van der Waals surface area contributed by atoms with Crippen molar-refractivity contribution in [1.82, 2.24) is 5.32 Å². The van der Waals surface area contributed by atoms with E-state index in [0.717, 1.165) is 24.3 Å². The first-order chi connectivity index (χ1) is 13.1. The Labute approximate surface area is 159 Å². The van der Waals surface area contributed by atoms with Gasteiger partial charge < -0.3 is 9.97 Å². The molecule has 0 aromatic heterocycles. The van der Waals surface area contributed by atoms with Crippen LogP contribution in [0.25, 0.3) is 0 Å². The quantitative estimate of drug-likeness (QED) is 0.625. The lowest BCUT2D eigenvalue weighted by Gasteiger charge is -2.28. The smallest absolute Gasteiger partial charge is 0.416 e. The van der Waals surface area contributed by atoms with E-state index in [4.69, 9.17) is 4.65 Å². The molecule has 0 unspecified atom stereocenters. The third-order valence-electron chi connectivity index (χ3n) is 4.65. The summed E-state index contributed by atoms with van der Waals surface area (Å²) in [5, 5.41) is 3.15. The van der Waals surface area contributed by atoms with Gasteiger partial charge in [0.05, 0.1) is 11.1 Å². The molecule has 0 atom stereocenters. The summed E-state index contributed by atoms with van der Waals surface area (Å²) >= 11 is 0. The molecule has 1 heterocycles. The molecular weight excluding hydrogens is 383 g/mol. The lowest BCUT2D eigenvalue weighted by Crippen LogP contribution is -2.49. The normalized spacial score (nSPS) is 16.2. The Hall–Kier alpha value is -2.00. The highest BCUT2D eigenvalue weighted by molar-refractivity contribution is 6.80. The number of halogens is 6. The molecule has 1 saturated heterocycles. The van der Waals surface area contributed by atoms with E-state index in [-0.39, 0.29) is 17.0 Å². The van der Waals surface area contributed by atoms with E-state index in [1.807, 2.05) is 0 Å². The van der Waals surface area contributed by atoms with E-state index in [1.54, 1.807) is 0 Å². The first-order valence-electron chi connectivity index (χ1n) is 8.85. The first kappa shape index (κ1) is 20.7. The minimum Gasteiger partial charge on any atom is -0.424 e. The summed E-state index contributed by atoms with van der Waals surface area (Å²) in [4.78, 5) is 0. The molecule has 1 N–H and O–H groups in total. The van der Waals surface area contributed by atoms with Gasteiger partial charge in [-0.1, -0.05) is 48.5 Å². The first-order valence-corrected chi connectivity index (χ1v) is 8.85. The van der Waals surface area contributed by atoms with Crippen molar-refractivity contribution in [2.24, 2.45) is 0 Å². The maximum absolute atomic E-state index is 13.1. The summed E-state index contributed by atoms with van der Waals surface area (Å²) < 4.78 is 84.7. The summed E-state index contributed by atoms with van der Waals surface area (Å²) in [5.74, 6) is 0. The molecule has 3 rings (SSSR count). The van der Waals surface area contributed by atoms with Crippen molar-refractivity contribution in [3.05, 3.63) is 59.7 Å². The number of hydrogen-bond donors (Lipinski definition) is 1. The van der Waals surface area contributed by atoms with Gasteiger partial charge in [-0.25, -0.2) is 0 Å². The van der Waals surface area contributed by atoms with Crippen molar-refractivity contribution >= 4 is 17.8 Å². The van der Waals surface area contributed by atoms with Crippen molar-refractivity contribution in [3.8, 4) is 0 Å². The summed E-state index contributed by atoms with van der Waals surface area (Å²) in [6.07, 6.45) is -8.09. The standard InChI is InChI=1S/C19H18BF6NO/c21-18(22,23)13-3-1-5-15(11-13)20(28-17-7-9-27-10-8-17)16-6-2-4-14(12-16)19(24,25)26/h1-6,11-12,17,27H,7-10H2. The van der Waals surface area contributed by atoms with Crippen LogP contribution in [0.2, 0.25) is 0 Å². The Bertz CT molecular complexity index is 744. The van der Waals surface area contributed by atoms with Gasteiger partial charge >= 0.3 is 19.3 Å². The van der Waals surface area contributed by atoms with Gasteiger partial charge in [0, 0.05) is 6.10 Å². The Morgan fingerprint density at radius 2 is 1.25 bits per heavy atom. The molecule has 1 aliphatic heterocycles. The average Bonchev–Trinajstić information content (AvgIpc) is 2.66. The van der Waals surface area contributed by atoms with E-state index in [9.17, 15) is 26.3 Å². The molecule has 2 aromatic rings. The largest absolute Gasteiger partial charge is 0.424 e. The second-order valence-electron chi connectivity index (χ2n) is 6.71. The highest BCUT2D eigenvalue weighted by atomic mass is 19.4. The van der Waals surface area contributed by atoms with Gasteiger partial charge in [0.25, 0.3) is 0 Å². The molecular formula is C19H18BF6NO. The van der Waals surface area contributed by atoms with Crippen LogP contribution in [0.4, 0.5) is 26.3 Å². The zero-order valence-corrected chi connectivity index (χ0v) is 14.8. The Kier molecular flexibility index (Phi) is 6.05. The predicted octanol–water partition coefficient (Wildman–Crippen LogP) is 3.60. The number of nitrogens with one attached hydrogen (secondary N) is 1. The molecule has 0 bridgehead atoms. The van der Waals surface area contributed by atoms with Gasteiger partial charge in [-0.05, 0) is 36.9 Å². The van der Waals surface area contributed by atoms with Crippen molar-refractivity contribution in [3.63, 3.8) is 0 Å². The molecule has 0 radical (unpaired) electrons. The van der Waals surface area contributed by atoms with Gasteiger partial charge in [0.1, 0.15) is 0 Å². The van der Waals surface area contributed by atoms with E-state index in [2.05, 4.69) is 5.32 Å². The molecule has 0 amide bonds. The molecule has 150 valence electrons. The van der Waals surface area contributed by atoms with E-state index >= 15 is 0 Å². The average molecular weight is 401 g/mol. The van der Waals surface area contributed by atoms with Gasteiger partial charge in [-0.3, -0.25) is 0 Å². The van der Waals surface area contributed by atoms with Crippen LogP contribution in [-0.2, 0) is 17.0 Å². The minimum atomic E-state index is -4.55. The topological polar surface area (TPSA) is 21.3 Å². The van der Waals surface area contributed by atoms with E-state index < -0.39 is 30.4 Å². The fourth-order valence-electron chi connectivity index (χ4n) is 3.23. The molecule has 9 heteroatoms. The number of alkyl halides is 6. The zero-order chi connectivity index (χ0) is 20.4. The summed E-state index contributed by atoms with van der Waals surface area (Å²) in [6.45, 7) is 0.346. The van der Waals surface area contributed by atoms with Gasteiger partial charge in [0.15, 0.2) is 0 Å². The Morgan fingerprint density at radius 1 is 0.786 bits per heavy atom. The van der Waals surface area contributed by atoms with Gasteiger partial charge in [-0.2, -0.15) is 26.3 Å². The Morgan fingerprint density at radius 3 is 1.68 bits per heavy atom. The molecule has 28 heavy (non-hydrogen) atoms. The SMILES string of the molecule is FC(F)(F)c1cccc(B(OC2CCNCC2)c2cccc(C(F)(F)F)c2)c1. The van der Waals surface area contributed by atoms with Crippen LogP contribution in [0.3, 0.4) is 0 Å². The number of hydrogen-bond acceptors (Lipinski definition) is 2. The summed E-state index contributed by atoms with van der Waals surface area (Å²) in [6, 6.07) is 9.10. The van der Waals surface area contributed by atoms with Crippen LogP contribution >= 0.6 is 0 Å². The van der Waals surface area contributed by atoms with Crippen molar-refractivity contribution < 1.29 is 31.0 Å². The number of piperidine rings is 1. The van der Waals surface area contributed by atoms with Gasteiger partial charge in [0.2, 0.25) is 0 Å². The van der Waals surface area contributed by atoms with Crippen LogP contribution in [0.15, 0.2) is 48.5 Å². The van der Waals surface area contributed by atoms with Crippen LogP contribution < -0.4 is 16.2 Å². The van der Waals surface area contributed by atoms with Crippen LogP contribution in [-0.4, -0.2) is 26.1 Å². The summed E-state index contributed by atoms with van der Waals surface area (Å²) in [5.41, 5.74) is -1.38. The van der Waals surface area contributed by atoms with E-state index in [0.29, 0.717) is 25.9 Å². The van der Waals surface area contributed by atoms with Crippen molar-refractivity contribution in [2.45, 2.75) is 31.3 Å². The predicted molar refractivity (Wildman–Crippen MR) is 94.9 cm³/mol. The fourth-order valence-corrected chi connectivity index (χ4v) is 3.23. The molecule has 0 aliphatic carbocycles. The second kappa shape index (κ2) is 8.17. The lowest BCUT2D eigenvalue weighted by atomic mass is 9.54. The number of rotatable bonds is 4. The third-order valence-corrected chi connectivity index (χ3v) is 4.65. The lowest BCUT2D eigenvalue weighted by molar-refractivity contribution is -0.138. The number of benzene rings is 2. The molecule has 1 fully saturated rings. The van der Waals surface area contributed by atoms with Crippen LogP contribution in [0.5, 0.6) is 0 Å². The van der Waals surface area contributed by atoms with E-state index in [1.165, 1.54) is 24.3 Å². The van der Waals surface area contributed by atoms with Gasteiger partial charge in [-0.15, -0.1) is 0 Å². The van der Waals surface area contributed by atoms with Crippen LogP contribution in [0, 0.1) is 0 Å². The molecule has 0 saturated carbocycles. The fraction of sp³-hybridized carbons (Fsp3) is 0.368.